The summed E-state index contributed by atoms with van der Waals surface area (Å²) in [6.07, 6.45) is 3.54. The van der Waals surface area contributed by atoms with Crippen LogP contribution in [0.1, 0.15) is 25.0 Å². The summed E-state index contributed by atoms with van der Waals surface area (Å²) in [6, 6.07) is 17.3. The number of hydrogen-bond donors (Lipinski definition) is 0. The van der Waals surface area contributed by atoms with E-state index >= 15 is 0 Å². The second-order valence-electron chi connectivity index (χ2n) is 6.74. The number of aliphatic carboxylic acids is 1. The molecule has 7 heteroatoms. The molecule has 0 aliphatic heterocycles. The molecule has 1 unspecified atom stereocenters. The number of carbonyl (C=O) groups is 1. The summed E-state index contributed by atoms with van der Waals surface area (Å²) in [4.78, 5) is 22.9. The zero-order chi connectivity index (χ0) is 21.2. The maximum absolute atomic E-state index is 11.7. The molecule has 0 saturated carbocycles. The molecule has 3 aromatic rings. The second-order valence-corrected chi connectivity index (χ2v) is 6.74. The van der Waals surface area contributed by atoms with E-state index in [1.165, 1.54) is 0 Å². The Morgan fingerprint density at radius 2 is 1.37 bits per heavy atom. The van der Waals surface area contributed by atoms with Crippen molar-refractivity contribution in [2.45, 2.75) is 26.8 Å². The van der Waals surface area contributed by atoms with Crippen LogP contribution in [0.5, 0.6) is 0 Å². The van der Waals surface area contributed by atoms with Gasteiger partial charge in [-0.25, -0.2) is 0 Å². The van der Waals surface area contributed by atoms with Crippen molar-refractivity contribution >= 4 is 11.9 Å². The summed E-state index contributed by atoms with van der Waals surface area (Å²) in [5.74, 6) is -2.11. The number of carboxylic acids is 1. The Morgan fingerprint density at radius 3 is 1.73 bits per heavy atom. The van der Waals surface area contributed by atoms with Gasteiger partial charge in [0.1, 0.15) is 0 Å². The number of aromatic nitrogens is 2. The number of pyridine rings is 2. The van der Waals surface area contributed by atoms with Crippen LogP contribution >= 0.6 is 0 Å². The predicted octanol–water partition coefficient (Wildman–Crippen LogP) is 2.02. The van der Waals surface area contributed by atoms with E-state index in [2.05, 4.69) is 15.0 Å². The van der Waals surface area contributed by atoms with Gasteiger partial charge in [0.15, 0.2) is 0 Å². The quantitative estimate of drug-likeness (QED) is 0.306. The molecule has 0 radical (unpaired) electrons. The third-order valence-electron chi connectivity index (χ3n) is 4.02. The van der Waals surface area contributed by atoms with Gasteiger partial charge in [0.05, 0.1) is 23.4 Å². The monoisotopic (exact) mass is 495 g/mol. The summed E-state index contributed by atoms with van der Waals surface area (Å²) in [6.45, 7) is 5.28. The summed E-state index contributed by atoms with van der Waals surface area (Å²) < 4.78 is 0. The van der Waals surface area contributed by atoms with Gasteiger partial charge in [0.25, 0.3) is 0 Å². The first kappa shape index (κ1) is 25.2. The van der Waals surface area contributed by atoms with Gasteiger partial charge < -0.3 is 15.0 Å². The number of rotatable bonds is 5. The molecule has 1 atom stereocenters. The molecule has 3 rings (SSSR count). The summed E-state index contributed by atoms with van der Waals surface area (Å²) >= 11 is 0. The van der Waals surface area contributed by atoms with E-state index in [-0.39, 0.29) is 26.3 Å². The number of nitrogens with zero attached hydrogens (tertiary/aromatic N) is 3. The first-order valence-corrected chi connectivity index (χ1v) is 9.23. The Kier molecular flexibility index (Phi) is 10.6. The third kappa shape index (κ3) is 7.86. The van der Waals surface area contributed by atoms with E-state index in [1.807, 2.05) is 43.3 Å². The van der Waals surface area contributed by atoms with Crippen molar-refractivity contribution in [1.82, 2.24) is 9.97 Å². The van der Waals surface area contributed by atoms with Crippen molar-refractivity contribution in [3.63, 3.8) is 0 Å². The average Bonchev–Trinajstić information content (AvgIpc) is 2.73. The first-order chi connectivity index (χ1) is 13.9. The minimum absolute atomic E-state index is 0. The van der Waals surface area contributed by atoms with E-state index in [9.17, 15) is 15.0 Å². The van der Waals surface area contributed by atoms with Gasteiger partial charge in [-0.1, -0.05) is 55.8 Å². The molecule has 30 heavy (non-hydrogen) atoms. The van der Waals surface area contributed by atoms with Crippen molar-refractivity contribution in [1.29, 1.82) is 0 Å². The van der Waals surface area contributed by atoms with Gasteiger partial charge in [-0.05, 0) is 48.6 Å². The van der Waals surface area contributed by atoms with Crippen molar-refractivity contribution in [3.05, 3.63) is 84.2 Å². The molecule has 2 heterocycles. The van der Waals surface area contributed by atoms with Crippen molar-refractivity contribution in [2.75, 3.05) is 0 Å². The van der Waals surface area contributed by atoms with Crippen LogP contribution < -0.4 is 10.2 Å². The Labute approximate surface area is 190 Å². The molecule has 0 aliphatic carbocycles. The number of benzene rings is 1. The molecule has 0 amide bonds. The Morgan fingerprint density at radius 1 is 0.867 bits per heavy atom. The topological polar surface area (TPSA) is 101 Å². The molecule has 0 spiro atoms. The molecule has 0 fully saturated rings. The molecule has 1 aromatic carbocycles. The summed E-state index contributed by atoms with van der Waals surface area (Å²) in [5, 5.41) is 22.5. The standard InChI is InChI=1S/C13H17NO3.C10H8N2.Pd/c1-8(2)11(13(16)17)14-12(15)10-6-4-9(3)5-7-10;1-3-7-11-9(5-1)10-6-2-4-8-12-10;/h4-8,11H,1-3H3,(H,14,15)(H,16,17);1-8H;/q;;+2/p-2. The molecule has 2 aromatic heterocycles. The fourth-order valence-electron chi connectivity index (χ4n) is 2.40. The van der Waals surface area contributed by atoms with Crippen LogP contribution in [0.15, 0.2) is 78.0 Å². The van der Waals surface area contributed by atoms with Gasteiger partial charge in [-0.15, -0.1) is 0 Å². The van der Waals surface area contributed by atoms with Crippen LogP contribution in [0.4, 0.5) is 0 Å². The number of hydrogen-bond acceptors (Lipinski definition) is 6. The third-order valence-corrected chi connectivity index (χ3v) is 4.02. The van der Waals surface area contributed by atoms with Gasteiger partial charge in [0.2, 0.25) is 0 Å². The minimum atomic E-state index is -1.32. The van der Waals surface area contributed by atoms with Crippen LogP contribution in [0.2, 0.25) is 0 Å². The van der Waals surface area contributed by atoms with Crippen LogP contribution in [0.25, 0.3) is 11.4 Å². The van der Waals surface area contributed by atoms with Crippen LogP contribution in [-0.4, -0.2) is 27.9 Å². The van der Waals surface area contributed by atoms with Gasteiger partial charge in [-0.2, -0.15) is 0 Å². The van der Waals surface area contributed by atoms with Crippen LogP contribution in [0.3, 0.4) is 0 Å². The van der Waals surface area contributed by atoms with Crippen molar-refractivity contribution in [3.8, 4) is 11.4 Å². The number of carboxylic acid groups (broad SMARTS) is 1. The summed E-state index contributed by atoms with van der Waals surface area (Å²) in [7, 11) is 0. The summed E-state index contributed by atoms with van der Waals surface area (Å²) in [5.41, 5.74) is 3.25. The molecule has 6 nitrogen and oxygen atoms in total. The molecular weight excluding hydrogens is 473 g/mol. The van der Waals surface area contributed by atoms with Gasteiger partial charge >= 0.3 is 20.4 Å². The fraction of sp³-hybridized carbons (Fsp3) is 0.217. The maximum Gasteiger partial charge on any atom is 2.00 e. The molecule has 0 saturated heterocycles. The zero-order valence-corrected chi connectivity index (χ0v) is 18.5. The van der Waals surface area contributed by atoms with E-state index in [0.29, 0.717) is 5.56 Å². The maximum atomic E-state index is 11.7. The molecule has 158 valence electrons. The van der Waals surface area contributed by atoms with Gasteiger partial charge in [-0.3, -0.25) is 15.0 Å². The Hall–Kier alpha value is -2.88. The Bertz CT molecular complexity index is 893. The van der Waals surface area contributed by atoms with E-state index in [1.54, 1.807) is 50.5 Å². The number of carbonyl (C=O) groups excluding carboxylic acids is 1. The molecule has 0 bridgehead atoms. The van der Waals surface area contributed by atoms with Crippen LogP contribution in [0, 0.1) is 12.8 Å². The normalized spacial score (nSPS) is 11.7. The van der Waals surface area contributed by atoms with Gasteiger partial charge in [0, 0.05) is 12.4 Å². The number of aryl methyl sites for hydroxylation is 1. The van der Waals surface area contributed by atoms with Crippen LogP contribution in [-0.2, 0) is 25.2 Å². The fourth-order valence-corrected chi connectivity index (χ4v) is 2.40. The first-order valence-electron chi connectivity index (χ1n) is 9.23. The average molecular weight is 496 g/mol. The van der Waals surface area contributed by atoms with E-state index in [4.69, 9.17) is 0 Å². The number of aliphatic imine (C=N–C) groups is 1. The van der Waals surface area contributed by atoms with E-state index < -0.39 is 17.9 Å². The molecule has 0 N–H and O–H groups in total. The van der Waals surface area contributed by atoms with Crippen molar-refractivity contribution < 1.29 is 35.4 Å². The molecule has 0 aliphatic rings. The minimum Gasteiger partial charge on any atom is -0.858 e. The smallest absolute Gasteiger partial charge is 0.858 e. The Balaban J connectivity index is 0.000000304. The molecular formula is C23H23N3O3Pd. The predicted molar refractivity (Wildman–Crippen MR) is 109 cm³/mol. The largest absolute Gasteiger partial charge is 2.00 e. The van der Waals surface area contributed by atoms with Crippen molar-refractivity contribution in [2.24, 2.45) is 10.9 Å². The SMILES string of the molecule is Cc1ccc(C([O-])=NC(C(=O)[O-])C(C)C)cc1.[Pd+2].c1ccc(-c2ccccn2)nc1. The zero-order valence-electron chi connectivity index (χ0n) is 17.0. The second kappa shape index (κ2) is 12.6. The van der Waals surface area contributed by atoms with E-state index in [0.717, 1.165) is 17.0 Å².